The lowest BCUT2D eigenvalue weighted by molar-refractivity contribution is -0.126. The molecule has 0 aromatic heterocycles. The van der Waals surface area contributed by atoms with Crippen LogP contribution in [0.5, 0.6) is 0 Å². The van der Waals surface area contributed by atoms with E-state index < -0.39 is 10.2 Å². The van der Waals surface area contributed by atoms with Crippen LogP contribution in [0.4, 0.5) is 0 Å². The molecule has 1 aliphatic carbocycles. The Hall–Kier alpha value is -0.700. The highest BCUT2D eigenvalue weighted by molar-refractivity contribution is 7.86. The molecule has 1 saturated heterocycles. The van der Waals surface area contributed by atoms with Gasteiger partial charge >= 0.3 is 0 Å². The lowest BCUT2D eigenvalue weighted by Crippen LogP contribution is -2.56. The molecule has 8 heteroatoms. The normalized spacial score (nSPS) is 23.8. The number of carbonyl (C=O) groups excluding carboxylic acids is 1. The third-order valence-corrected chi connectivity index (χ3v) is 5.85. The molecule has 0 radical (unpaired) electrons. The first-order valence-corrected chi connectivity index (χ1v) is 8.44. The van der Waals surface area contributed by atoms with Gasteiger partial charge in [0.2, 0.25) is 5.91 Å². The number of hydrogen-bond acceptors (Lipinski definition) is 4. The summed E-state index contributed by atoms with van der Waals surface area (Å²) in [5.41, 5.74) is 0. The van der Waals surface area contributed by atoms with Crippen LogP contribution in [0.1, 0.15) is 19.8 Å². The number of amides is 1. The Morgan fingerprint density at radius 3 is 2.20 bits per heavy atom. The molecule has 1 heterocycles. The van der Waals surface area contributed by atoms with Crippen LogP contribution in [0.3, 0.4) is 0 Å². The van der Waals surface area contributed by atoms with Crippen LogP contribution in [0.2, 0.25) is 0 Å². The van der Waals surface area contributed by atoms with Gasteiger partial charge in [0, 0.05) is 46.3 Å². The second-order valence-electron chi connectivity index (χ2n) is 5.68. The van der Waals surface area contributed by atoms with E-state index in [0.29, 0.717) is 32.2 Å². The SMILES string of the molecule is C[C@@H](C(=O)NC1CC1)N1CCN(S(=O)(=O)N(C)C)CC1. The smallest absolute Gasteiger partial charge is 0.281 e. The molecule has 1 aliphatic heterocycles. The summed E-state index contributed by atoms with van der Waals surface area (Å²) in [6.45, 7) is 3.93. The van der Waals surface area contributed by atoms with Crippen LogP contribution in [0, 0.1) is 0 Å². The van der Waals surface area contributed by atoms with E-state index in [1.54, 1.807) is 0 Å². The predicted molar refractivity (Wildman–Crippen MR) is 76.4 cm³/mol. The lowest BCUT2D eigenvalue weighted by Gasteiger charge is -2.37. The van der Waals surface area contributed by atoms with E-state index in [4.69, 9.17) is 0 Å². The minimum Gasteiger partial charge on any atom is -0.352 e. The molecule has 2 aliphatic rings. The van der Waals surface area contributed by atoms with Crippen LogP contribution in [0.15, 0.2) is 0 Å². The molecule has 1 atom stereocenters. The Morgan fingerprint density at radius 1 is 1.20 bits per heavy atom. The van der Waals surface area contributed by atoms with Crippen molar-refractivity contribution < 1.29 is 13.2 Å². The van der Waals surface area contributed by atoms with Gasteiger partial charge in [-0.15, -0.1) is 0 Å². The number of rotatable bonds is 5. The van der Waals surface area contributed by atoms with Crippen LogP contribution in [0.25, 0.3) is 0 Å². The van der Waals surface area contributed by atoms with Crippen molar-refractivity contribution >= 4 is 16.1 Å². The van der Waals surface area contributed by atoms with Gasteiger partial charge in [-0.1, -0.05) is 0 Å². The number of hydrogen-bond donors (Lipinski definition) is 1. The van der Waals surface area contributed by atoms with Gasteiger partial charge in [0.15, 0.2) is 0 Å². The molecule has 20 heavy (non-hydrogen) atoms. The summed E-state index contributed by atoms with van der Waals surface area (Å²) in [5, 5.41) is 2.99. The minimum atomic E-state index is -3.34. The zero-order valence-corrected chi connectivity index (χ0v) is 13.2. The average molecular weight is 304 g/mol. The van der Waals surface area contributed by atoms with Crippen molar-refractivity contribution in [2.45, 2.75) is 31.8 Å². The summed E-state index contributed by atoms with van der Waals surface area (Å²) < 4.78 is 26.7. The zero-order valence-electron chi connectivity index (χ0n) is 12.4. The van der Waals surface area contributed by atoms with Crippen LogP contribution >= 0.6 is 0 Å². The summed E-state index contributed by atoms with van der Waals surface area (Å²) in [7, 11) is -0.269. The maximum atomic E-state index is 12.0. The zero-order chi connectivity index (χ0) is 14.9. The minimum absolute atomic E-state index is 0.0522. The molecule has 116 valence electrons. The molecule has 0 spiro atoms. The molecule has 0 aromatic carbocycles. The highest BCUT2D eigenvalue weighted by Crippen LogP contribution is 2.19. The molecule has 1 amide bonds. The molecule has 1 saturated carbocycles. The summed E-state index contributed by atoms with van der Waals surface area (Å²) in [6, 6.07) is 0.167. The van der Waals surface area contributed by atoms with Gasteiger partial charge in [0.25, 0.3) is 10.2 Å². The molecule has 2 fully saturated rings. The molecule has 1 N–H and O–H groups in total. The first kappa shape index (κ1) is 15.7. The summed E-state index contributed by atoms with van der Waals surface area (Å²) in [5.74, 6) is 0.0522. The van der Waals surface area contributed by atoms with E-state index in [1.807, 2.05) is 11.8 Å². The van der Waals surface area contributed by atoms with E-state index in [1.165, 1.54) is 22.7 Å². The monoisotopic (exact) mass is 304 g/mol. The van der Waals surface area contributed by atoms with Crippen LogP contribution in [-0.4, -0.2) is 80.2 Å². The van der Waals surface area contributed by atoms with E-state index in [9.17, 15) is 13.2 Å². The highest BCUT2D eigenvalue weighted by atomic mass is 32.2. The lowest BCUT2D eigenvalue weighted by atomic mass is 10.2. The largest absolute Gasteiger partial charge is 0.352 e. The predicted octanol–water partition coefficient (Wildman–Crippen LogP) is -0.922. The highest BCUT2D eigenvalue weighted by Gasteiger charge is 2.33. The van der Waals surface area contributed by atoms with Crippen molar-refractivity contribution in [3.63, 3.8) is 0 Å². The third kappa shape index (κ3) is 3.49. The van der Waals surface area contributed by atoms with Crippen molar-refractivity contribution in [1.29, 1.82) is 0 Å². The Labute approximate surface area is 121 Å². The number of nitrogens with zero attached hydrogens (tertiary/aromatic N) is 3. The molecule has 0 bridgehead atoms. The fourth-order valence-electron chi connectivity index (χ4n) is 2.27. The number of carbonyl (C=O) groups is 1. The Balaban J connectivity index is 1.85. The Bertz CT molecular complexity index is 453. The molecule has 0 unspecified atom stereocenters. The fraction of sp³-hybridized carbons (Fsp3) is 0.917. The Morgan fingerprint density at radius 2 is 1.75 bits per heavy atom. The standard InChI is InChI=1S/C12H24N4O3S/c1-10(12(17)13-11-4-5-11)15-6-8-16(9-7-15)20(18,19)14(2)3/h10-11H,4-9H2,1-3H3,(H,13,17)/t10-/m0/s1. The fourth-order valence-corrected chi connectivity index (χ4v) is 3.35. The summed E-state index contributed by atoms with van der Waals surface area (Å²) >= 11 is 0. The van der Waals surface area contributed by atoms with Crippen LogP contribution in [-0.2, 0) is 15.0 Å². The van der Waals surface area contributed by atoms with Gasteiger partial charge in [-0.25, -0.2) is 0 Å². The van der Waals surface area contributed by atoms with E-state index in [0.717, 1.165) is 12.8 Å². The van der Waals surface area contributed by atoms with Crippen molar-refractivity contribution in [3.8, 4) is 0 Å². The molecular formula is C12H24N4O3S. The third-order valence-electron chi connectivity index (χ3n) is 3.91. The summed E-state index contributed by atoms with van der Waals surface area (Å²) in [4.78, 5) is 14.0. The van der Waals surface area contributed by atoms with Gasteiger partial charge in [0.05, 0.1) is 6.04 Å². The maximum absolute atomic E-state index is 12.0. The van der Waals surface area contributed by atoms with E-state index in [-0.39, 0.29) is 11.9 Å². The van der Waals surface area contributed by atoms with Crippen molar-refractivity contribution in [2.24, 2.45) is 0 Å². The average Bonchev–Trinajstić information content (AvgIpc) is 3.21. The quantitative estimate of drug-likeness (QED) is 0.713. The Kier molecular flexibility index (Phi) is 4.68. The van der Waals surface area contributed by atoms with E-state index in [2.05, 4.69) is 5.32 Å². The molecule has 0 aromatic rings. The van der Waals surface area contributed by atoms with Crippen molar-refractivity contribution in [3.05, 3.63) is 0 Å². The van der Waals surface area contributed by atoms with Gasteiger partial charge in [-0.05, 0) is 19.8 Å². The molecule has 7 nitrogen and oxygen atoms in total. The number of piperazine rings is 1. The first-order chi connectivity index (χ1) is 9.32. The van der Waals surface area contributed by atoms with E-state index >= 15 is 0 Å². The van der Waals surface area contributed by atoms with Crippen LogP contribution < -0.4 is 5.32 Å². The van der Waals surface area contributed by atoms with Crippen molar-refractivity contribution in [2.75, 3.05) is 40.3 Å². The molecular weight excluding hydrogens is 280 g/mol. The maximum Gasteiger partial charge on any atom is 0.281 e. The van der Waals surface area contributed by atoms with Gasteiger partial charge < -0.3 is 5.32 Å². The van der Waals surface area contributed by atoms with Gasteiger partial charge in [-0.3, -0.25) is 9.69 Å². The van der Waals surface area contributed by atoms with Gasteiger partial charge in [0.1, 0.15) is 0 Å². The second-order valence-corrected chi connectivity index (χ2v) is 7.83. The summed E-state index contributed by atoms with van der Waals surface area (Å²) in [6.07, 6.45) is 2.15. The van der Waals surface area contributed by atoms with Crippen molar-refractivity contribution in [1.82, 2.24) is 18.8 Å². The number of nitrogens with one attached hydrogen (secondary N) is 1. The molecule has 2 rings (SSSR count). The van der Waals surface area contributed by atoms with Gasteiger partial charge in [-0.2, -0.15) is 17.0 Å². The first-order valence-electron chi connectivity index (χ1n) is 7.04. The second kappa shape index (κ2) is 5.97. The topological polar surface area (TPSA) is 73.0 Å².